The Morgan fingerprint density at radius 2 is 2.20 bits per heavy atom. The third-order valence-electron chi connectivity index (χ3n) is 2.95. The summed E-state index contributed by atoms with van der Waals surface area (Å²) in [4.78, 5) is 12.0. The first-order chi connectivity index (χ1) is 9.70. The molecule has 2 N–H and O–H groups in total. The Bertz CT molecular complexity index is 569. The summed E-state index contributed by atoms with van der Waals surface area (Å²) in [6, 6.07) is 8.93. The van der Waals surface area contributed by atoms with Crippen LogP contribution in [0.1, 0.15) is 12.0 Å². The number of amides is 1. The molecule has 2 rings (SSSR count). The Balaban J connectivity index is 1.96. The maximum absolute atomic E-state index is 13.8. The third kappa shape index (κ3) is 3.88. The lowest BCUT2D eigenvalue weighted by Crippen LogP contribution is -2.24. The second kappa shape index (κ2) is 7.17. The summed E-state index contributed by atoms with van der Waals surface area (Å²) in [6.07, 6.45) is 0.440. The van der Waals surface area contributed by atoms with Gasteiger partial charge in [0.25, 0.3) is 0 Å². The average Bonchev–Trinajstić information content (AvgIpc) is 2.98. The van der Waals surface area contributed by atoms with Crippen LogP contribution in [0.2, 0.25) is 0 Å². The molecular weight excluding hydrogens is 275 g/mol. The smallest absolute Gasteiger partial charge is 0.221 e. The van der Waals surface area contributed by atoms with Gasteiger partial charge in [-0.1, -0.05) is 12.1 Å². The Morgan fingerprint density at radius 3 is 2.90 bits per heavy atom. The van der Waals surface area contributed by atoms with Crippen molar-refractivity contribution in [1.29, 1.82) is 0 Å². The van der Waals surface area contributed by atoms with Crippen LogP contribution in [-0.4, -0.2) is 19.5 Å². The normalized spacial score (nSPS) is 10.5. The molecule has 0 unspecified atom stereocenters. The predicted molar refractivity (Wildman–Crippen MR) is 80.1 cm³/mol. The lowest BCUT2D eigenvalue weighted by molar-refractivity contribution is -0.120. The molecule has 0 fully saturated rings. The van der Waals surface area contributed by atoms with Gasteiger partial charge in [-0.15, -0.1) is 11.3 Å². The number of hydrogen-bond acceptors (Lipinski definition) is 3. The highest BCUT2D eigenvalue weighted by Gasteiger charge is 2.07. The summed E-state index contributed by atoms with van der Waals surface area (Å²) in [7, 11) is 1.62. The van der Waals surface area contributed by atoms with Gasteiger partial charge in [0.2, 0.25) is 5.91 Å². The standard InChI is InChI=1S/C15H17FN2OS/c1-17-15(19)6-7-18-10-11-4-5-13(16)12(9-11)14-3-2-8-20-14/h2-5,8-9,18H,6-7,10H2,1H3,(H,17,19). The Hall–Kier alpha value is -1.72. The van der Waals surface area contributed by atoms with E-state index < -0.39 is 0 Å². The molecule has 0 atom stereocenters. The number of carbonyl (C=O) groups is 1. The fourth-order valence-electron chi connectivity index (χ4n) is 1.86. The molecule has 0 aliphatic carbocycles. The van der Waals surface area contributed by atoms with Gasteiger partial charge < -0.3 is 10.6 Å². The van der Waals surface area contributed by atoms with Crippen molar-refractivity contribution < 1.29 is 9.18 Å². The minimum Gasteiger partial charge on any atom is -0.359 e. The van der Waals surface area contributed by atoms with Crippen molar-refractivity contribution in [2.24, 2.45) is 0 Å². The Labute approximate surface area is 121 Å². The van der Waals surface area contributed by atoms with E-state index in [0.717, 1.165) is 10.4 Å². The van der Waals surface area contributed by atoms with Crippen molar-refractivity contribution in [3.63, 3.8) is 0 Å². The largest absolute Gasteiger partial charge is 0.359 e. The van der Waals surface area contributed by atoms with E-state index in [1.165, 1.54) is 17.4 Å². The minimum atomic E-state index is -0.207. The summed E-state index contributed by atoms with van der Waals surface area (Å²) in [5.74, 6) is -0.197. The van der Waals surface area contributed by atoms with Crippen molar-refractivity contribution in [2.45, 2.75) is 13.0 Å². The second-order valence-corrected chi connectivity index (χ2v) is 5.34. The molecule has 1 aromatic carbocycles. The van der Waals surface area contributed by atoms with Crippen LogP contribution in [-0.2, 0) is 11.3 Å². The van der Waals surface area contributed by atoms with Gasteiger partial charge in [-0.2, -0.15) is 0 Å². The van der Waals surface area contributed by atoms with E-state index in [1.807, 2.05) is 23.6 Å². The first-order valence-electron chi connectivity index (χ1n) is 6.44. The first-order valence-corrected chi connectivity index (χ1v) is 7.32. The van der Waals surface area contributed by atoms with Crippen LogP contribution in [0, 0.1) is 5.82 Å². The van der Waals surface area contributed by atoms with Crippen LogP contribution in [0.4, 0.5) is 4.39 Å². The van der Waals surface area contributed by atoms with Crippen molar-refractivity contribution in [3.05, 3.63) is 47.1 Å². The van der Waals surface area contributed by atoms with Crippen molar-refractivity contribution in [2.75, 3.05) is 13.6 Å². The Morgan fingerprint density at radius 1 is 1.35 bits per heavy atom. The van der Waals surface area contributed by atoms with Gasteiger partial charge in [-0.3, -0.25) is 4.79 Å². The molecule has 5 heteroatoms. The highest BCUT2D eigenvalue weighted by molar-refractivity contribution is 7.13. The average molecular weight is 292 g/mol. The van der Waals surface area contributed by atoms with Crippen molar-refractivity contribution in [1.82, 2.24) is 10.6 Å². The SMILES string of the molecule is CNC(=O)CCNCc1ccc(F)c(-c2cccs2)c1. The zero-order valence-corrected chi connectivity index (χ0v) is 12.1. The second-order valence-electron chi connectivity index (χ2n) is 4.39. The molecule has 106 valence electrons. The van der Waals surface area contributed by atoms with E-state index in [2.05, 4.69) is 10.6 Å². The molecule has 0 bridgehead atoms. The number of thiophene rings is 1. The minimum absolute atomic E-state index is 0.0101. The van der Waals surface area contributed by atoms with E-state index >= 15 is 0 Å². The van der Waals surface area contributed by atoms with Gasteiger partial charge in [0, 0.05) is 37.0 Å². The molecule has 1 heterocycles. The highest BCUT2D eigenvalue weighted by atomic mass is 32.1. The third-order valence-corrected chi connectivity index (χ3v) is 3.86. The molecule has 1 amide bonds. The molecule has 1 aromatic heterocycles. The van der Waals surface area contributed by atoms with Crippen LogP contribution in [0.25, 0.3) is 10.4 Å². The fraction of sp³-hybridized carbons (Fsp3) is 0.267. The van der Waals surface area contributed by atoms with Crippen LogP contribution in [0.15, 0.2) is 35.7 Å². The van der Waals surface area contributed by atoms with Crippen LogP contribution in [0.5, 0.6) is 0 Å². The van der Waals surface area contributed by atoms with Gasteiger partial charge in [-0.25, -0.2) is 4.39 Å². The van der Waals surface area contributed by atoms with Gasteiger partial charge in [-0.05, 0) is 29.1 Å². The molecular formula is C15H17FN2OS. The van der Waals surface area contributed by atoms with Crippen LogP contribution in [0.3, 0.4) is 0 Å². The van der Waals surface area contributed by atoms with E-state index in [9.17, 15) is 9.18 Å². The van der Waals surface area contributed by atoms with Gasteiger partial charge in [0.1, 0.15) is 5.82 Å². The lowest BCUT2D eigenvalue weighted by Gasteiger charge is -2.07. The van der Waals surface area contributed by atoms with E-state index in [-0.39, 0.29) is 11.7 Å². The lowest BCUT2D eigenvalue weighted by atomic mass is 10.1. The summed E-state index contributed by atoms with van der Waals surface area (Å²) < 4.78 is 13.8. The summed E-state index contributed by atoms with van der Waals surface area (Å²) in [6.45, 7) is 1.22. The van der Waals surface area contributed by atoms with Gasteiger partial charge in [0.15, 0.2) is 0 Å². The summed E-state index contributed by atoms with van der Waals surface area (Å²) >= 11 is 1.52. The van der Waals surface area contributed by atoms with E-state index in [1.54, 1.807) is 13.1 Å². The number of hydrogen-bond donors (Lipinski definition) is 2. The maximum Gasteiger partial charge on any atom is 0.221 e. The molecule has 0 spiro atoms. The number of benzene rings is 1. The number of carbonyl (C=O) groups excluding carboxylic acids is 1. The quantitative estimate of drug-likeness (QED) is 0.804. The molecule has 20 heavy (non-hydrogen) atoms. The molecule has 2 aromatic rings. The van der Waals surface area contributed by atoms with Gasteiger partial charge >= 0.3 is 0 Å². The van der Waals surface area contributed by atoms with Crippen molar-refractivity contribution >= 4 is 17.2 Å². The number of halogens is 1. The first kappa shape index (κ1) is 14.7. The molecule has 3 nitrogen and oxygen atoms in total. The Kier molecular flexibility index (Phi) is 5.26. The number of nitrogens with one attached hydrogen (secondary N) is 2. The monoisotopic (exact) mass is 292 g/mol. The summed E-state index contributed by atoms with van der Waals surface area (Å²) in [5.41, 5.74) is 1.64. The molecule has 0 radical (unpaired) electrons. The zero-order chi connectivity index (χ0) is 14.4. The molecule has 0 aliphatic heterocycles. The zero-order valence-electron chi connectivity index (χ0n) is 11.3. The van der Waals surface area contributed by atoms with Crippen LogP contribution < -0.4 is 10.6 Å². The molecule has 0 saturated carbocycles. The van der Waals surface area contributed by atoms with Crippen LogP contribution >= 0.6 is 11.3 Å². The predicted octanol–water partition coefficient (Wildman–Crippen LogP) is 2.78. The van der Waals surface area contributed by atoms with Gasteiger partial charge in [0.05, 0.1) is 0 Å². The summed E-state index contributed by atoms with van der Waals surface area (Å²) in [5, 5.41) is 7.68. The maximum atomic E-state index is 13.8. The highest BCUT2D eigenvalue weighted by Crippen LogP contribution is 2.28. The number of rotatable bonds is 6. The fourth-order valence-corrected chi connectivity index (χ4v) is 2.61. The van der Waals surface area contributed by atoms with E-state index in [4.69, 9.17) is 0 Å². The van der Waals surface area contributed by atoms with E-state index in [0.29, 0.717) is 25.1 Å². The van der Waals surface area contributed by atoms with Crippen molar-refractivity contribution in [3.8, 4) is 10.4 Å². The molecule has 0 saturated heterocycles. The molecule has 0 aliphatic rings. The topological polar surface area (TPSA) is 41.1 Å².